The van der Waals surface area contributed by atoms with E-state index < -0.39 is 0 Å². The Morgan fingerprint density at radius 2 is 1.57 bits per heavy atom. The molecule has 2 aromatic carbocycles. The Bertz CT molecular complexity index is 612. The van der Waals surface area contributed by atoms with Gasteiger partial charge in [0.15, 0.2) is 0 Å². The van der Waals surface area contributed by atoms with E-state index >= 15 is 0 Å². The highest BCUT2D eigenvalue weighted by Crippen LogP contribution is 2.26. The molecule has 1 aliphatic rings. The third-order valence-corrected chi connectivity index (χ3v) is 4.67. The van der Waals surface area contributed by atoms with Crippen LogP contribution in [-0.4, -0.2) is 48.8 Å². The molecular weight excluding hydrogens is 308 g/mol. The lowest BCUT2D eigenvalue weighted by molar-refractivity contribution is 0.109. The highest BCUT2D eigenvalue weighted by molar-refractivity contribution is 6.33. The molecule has 1 heterocycles. The fourth-order valence-electron chi connectivity index (χ4n) is 3.13. The summed E-state index contributed by atoms with van der Waals surface area (Å²) in [5, 5.41) is 11.1. The number of anilines is 1. The Morgan fingerprint density at radius 1 is 0.913 bits per heavy atom. The van der Waals surface area contributed by atoms with Gasteiger partial charge in [-0.15, -0.1) is 0 Å². The third kappa shape index (κ3) is 4.47. The van der Waals surface area contributed by atoms with Gasteiger partial charge in [-0.1, -0.05) is 54.1 Å². The number of hydrogen-bond donors (Lipinski definition) is 1. The summed E-state index contributed by atoms with van der Waals surface area (Å²) in [5.41, 5.74) is 2.30. The van der Waals surface area contributed by atoms with Crippen molar-refractivity contribution >= 4 is 17.3 Å². The minimum absolute atomic E-state index is 0.315. The Kier molecular flexibility index (Phi) is 5.55. The maximum absolute atomic E-state index is 10.3. The van der Waals surface area contributed by atoms with Gasteiger partial charge in [0.2, 0.25) is 0 Å². The van der Waals surface area contributed by atoms with Crippen LogP contribution in [0.3, 0.4) is 0 Å². The second kappa shape index (κ2) is 7.82. The SMILES string of the molecule is OC(Cc1ccccc1)CN1CCN(c2ccccc2Cl)CC1. The summed E-state index contributed by atoms with van der Waals surface area (Å²) in [6.07, 6.45) is 0.398. The normalized spacial score (nSPS) is 17.2. The molecule has 23 heavy (non-hydrogen) atoms. The summed E-state index contributed by atoms with van der Waals surface area (Å²) in [6, 6.07) is 18.2. The van der Waals surface area contributed by atoms with E-state index in [4.69, 9.17) is 11.6 Å². The number of nitrogens with zero attached hydrogens (tertiary/aromatic N) is 2. The number of hydrogen-bond acceptors (Lipinski definition) is 3. The van der Waals surface area contributed by atoms with Crippen molar-refractivity contribution in [1.29, 1.82) is 0 Å². The zero-order valence-corrected chi connectivity index (χ0v) is 14.0. The summed E-state index contributed by atoms with van der Waals surface area (Å²) >= 11 is 6.27. The molecule has 122 valence electrons. The Labute approximate surface area is 143 Å². The molecule has 0 bridgehead atoms. The maximum Gasteiger partial charge on any atom is 0.0707 e. The van der Waals surface area contributed by atoms with Crippen LogP contribution in [-0.2, 0) is 6.42 Å². The Balaban J connectivity index is 1.48. The number of β-amino-alcohol motifs (C(OH)–C–C–N with tert-alkyl or cyclic N) is 1. The quantitative estimate of drug-likeness (QED) is 0.912. The predicted molar refractivity (Wildman–Crippen MR) is 96.3 cm³/mol. The van der Waals surface area contributed by atoms with Gasteiger partial charge in [0.05, 0.1) is 16.8 Å². The molecule has 2 aromatic rings. The van der Waals surface area contributed by atoms with E-state index in [0.29, 0.717) is 6.42 Å². The second-order valence-electron chi connectivity index (χ2n) is 6.08. The number of aliphatic hydroxyl groups is 1. The van der Waals surface area contributed by atoms with Gasteiger partial charge in [-0.2, -0.15) is 0 Å². The van der Waals surface area contributed by atoms with E-state index in [2.05, 4.69) is 28.0 Å². The van der Waals surface area contributed by atoms with Gasteiger partial charge in [0.1, 0.15) is 0 Å². The number of piperazine rings is 1. The first-order valence-electron chi connectivity index (χ1n) is 8.16. The monoisotopic (exact) mass is 330 g/mol. The van der Waals surface area contributed by atoms with Crippen molar-refractivity contribution in [3.63, 3.8) is 0 Å². The van der Waals surface area contributed by atoms with Crippen LogP contribution < -0.4 is 4.90 Å². The minimum Gasteiger partial charge on any atom is -0.391 e. The molecule has 1 atom stereocenters. The van der Waals surface area contributed by atoms with Crippen molar-refractivity contribution in [3.05, 3.63) is 65.2 Å². The lowest BCUT2D eigenvalue weighted by atomic mass is 10.1. The standard InChI is InChI=1S/C19H23ClN2O/c20-18-8-4-5-9-19(18)22-12-10-21(11-13-22)15-17(23)14-16-6-2-1-3-7-16/h1-9,17,23H,10-15H2. The van der Waals surface area contributed by atoms with Crippen molar-refractivity contribution in [1.82, 2.24) is 4.90 Å². The third-order valence-electron chi connectivity index (χ3n) is 4.35. The van der Waals surface area contributed by atoms with Crippen LogP contribution in [0.1, 0.15) is 5.56 Å². The van der Waals surface area contributed by atoms with Crippen molar-refractivity contribution in [3.8, 4) is 0 Å². The molecule has 1 N–H and O–H groups in total. The van der Waals surface area contributed by atoms with E-state index in [1.807, 2.05) is 36.4 Å². The number of halogens is 1. The first-order valence-corrected chi connectivity index (χ1v) is 8.54. The molecule has 0 radical (unpaired) electrons. The first kappa shape index (κ1) is 16.3. The molecule has 0 saturated carbocycles. The van der Waals surface area contributed by atoms with Crippen molar-refractivity contribution in [2.45, 2.75) is 12.5 Å². The topological polar surface area (TPSA) is 26.7 Å². The molecule has 0 spiro atoms. The van der Waals surface area contributed by atoms with Gasteiger partial charge in [0, 0.05) is 32.7 Å². The minimum atomic E-state index is -0.315. The van der Waals surface area contributed by atoms with Crippen LogP contribution in [0.2, 0.25) is 5.02 Å². The molecule has 4 heteroatoms. The van der Waals surface area contributed by atoms with Crippen molar-refractivity contribution < 1.29 is 5.11 Å². The van der Waals surface area contributed by atoms with E-state index in [1.165, 1.54) is 5.56 Å². The van der Waals surface area contributed by atoms with Gasteiger partial charge in [0.25, 0.3) is 0 Å². The summed E-state index contributed by atoms with van der Waals surface area (Å²) in [5.74, 6) is 0. The molecule has 3 rings (SSSR count). The number of aliphatic hydroxyl groups excluding tert-OH is 1. The Hall–Kier alpha value is -1.55. The lowest BCUT2D eigenvalue weighted by Gasteiger charge is -2.37. The van der Waals surface area contributed by atoms with E-state index in [0.717, 1.165) is 43.4 Å². The van der Waals surface area contributed by atoms with E-state index in [-0.39, 0.29) is 6.10 Å². The molecule has 0 amide bonds. The molecule has 1 aliphatic heterocycles. The average Bonchev–Trinajstić information content (AvgIpc) is 2.57. The number of benzene rings is 2. The molecule has 3 nitrogen and oxygen atoms in total. The maximum atomic E-state index is 10.3. The van der Waals surface area contributed by atoms with Crippen molar-refractivity contribution in [2.75, 3.05) is 37.6 Å². The molecule has 1 fully saturated rings. The molecule has 1 unspecified atom stereocenters. The fraction of sp³-hybridized carbons (Fsp3) is 0.368. The number of para-hydroxylation sites is 1. The molecule has 0 aromatic heterocycles. The van der Waals surface area contributed by atoms with Gasteiger partial charge in [-0.25, -0.2) is 0 Å². The second-order valence-corrected chi connectivity index (χ2v) is 6.49. The van der Waals surface area contributed by atoms with Crippen LogP contribution in [0.5, 0.6) is 0 Å². The first-order chi connectivity index (χ1) is 11.2. The van der Waals surface area contributed by atoms with Crippen LogP contribution in [0.25, 0.3) is 0 Å². The van der Waals surface area contributed by atoms with Crippen LogP contribution in [0.4, 0.5) is 5.69 Å². The predicted octanol–water partition coefficient (Wildman–Crippen LogP) is 3.07. The molecule has 0 aliphatic carbocycles. The molecular formula is C19H23ClN2O. The van der Waals surface area contributed by atoms with E-state index in [9.17, 15) is 5.11 Å². The molecule has 1 saturated heterocycles. The summed E-state index contributed by atoms with van der Waals surface area (Å²) < 4.78 is 0. The highest BCUT2D eigenvalue weighted by atomic mass is 35.5. The van der Waals surface area contributed by atoms with E-state index in [1.54, 1.807) is 0 Å². The summed E-state index contributed by atoms with van der Waals surface area (Å²) in [6.45, 7) is 4.53. The number of rotatable bonds is 5. The smallest absolute Gasteiger partial charge is 0.0707 e. The van der Waals surface area contributed by atoms with Gasteiger partial charge >= 0.3 is 0 Å². The van der Waals surface area contributed by atoms with Gasteiger partial charge in [-0.05, 0) is 24.1 Å². The summed E-state index contributed by atoms with van der Waals surface area (Å²) in [4.78, 5) is 4.66. The van der Waals surface area contributed by atoms with Crippen LogP contribution >= 0.6 is 11.6 Å². The van der Waals surface area contributed by atoms with Crippen LogP contribution in [0, 0.1) is 0 Å². The van der Waals surface area contributed by atoms with Crippen molar-refractivity contribution in [2.24, 2.45) is 0 Å². The fourth-order valence-corrected chi connectivity index (χ4v) is 3.38. The Morgan fingerprint density at radius 3 is 2.26 bits per heavy atom. The average molecular weight is 331 g/mol. The zero-order valence-electron chi connectivity index (χ0n) is 13.2. The lowest BCUT2D eigenvalue weighted by Crippen LogP contribution is -2.48. The highest BCUT2D eigenvalue weighted by Gasteiger charge is 2.20. The zero-order chi connectivity index (χ0) is 16.1. The van der Waals surface area contributed by atoms with Gasteiger partial charge < -0.3 is 10.0 Å². The van der Waals surface area contributed by atoms with Gasteiger partial charge in [-0.3, -0.25) is 4.90 Å². The largest absolute Gasteiger partial charge is 0.391 e. The summed E-state index contributed by atoms with van der Waals surface area (Å²) in [7, 11) is 0. The van der Waals surface area contributed by atoms with Crippen LogP contribution in [0.15, 0.2) is 54.6 Å².